The zero-order valence-corrected chi connectivity index (χ0v) is 14.3. The van der Waals surface area contributed by atoms with Gasteiger partial charge < -0.3 is 9.47 Å². The average molecular weight is 322 g/mol. The van der Waals surface area contributed by atoms with Crippen LogP contribution in [0.15, 0.2) is 54.6 Å². The van der Waals surface area contributed by atoms with Crippen molar-refractivity contribution in [3.8, 4) is 0 Å². The number of hydrogen-bond donors (Lipinski definition) is 0. The standard InChI is InChI=1S/C21H22O3/c1-4-21(5-2)17-14-10-9-13-16(17)19(24-21)18(20(22)23-3)15-11-7-6-8-12-15/h6-14H,4-5H2,1-3H3/b19-18+. The molecule has 1 heterocycles. The zero-order chi connectivity index (χ0) is 17.2. The van der Waals surface area contributed by atoms with Crippen molar-refractivity contribution in [3.05, 3.63) is 71.3 Å². The molecule has 2 aromatic carbocycles. The lowest BCUT2D eigenvalue weighted by Crippen LogP contribution is -2.23. The molecule has 0 bridgehead atoms. The molecule has 0 saturated carbocycles. The quantitative estimate of drug-likeness (QED) is 0.600. The van der Waals surface area contributed by atoms with E-state index in [0.29, 0.717) is 11.3 Å². The number of esters is 1. The van der Waals surface area contributed by atoms with Gasteiger partial charge in [0, 0.05) is 11.1 Å². The topological polar surface area (TPSA) is 35.5 Å². The van der Waals surface area contributed by atoms with Gasteiger partial charge in [-0.05, 0) is 18.4 Å². The number of benzene rings is 2. The highest BCUT2D eigenvalue weighted by molar-refractivity contribution is 6.24. The normalized spacial score (nSPS) is 17.0. The van der Waals surface area contributed by atoms with Crippen LogP contribution < -0.4 is 0 Å². The van der Waals surface area contributed by atoms with Crippen molar-refractivity contribution in [1.29, 1.82) is 0 Å². The second-order valence-electron chi connectivity index (χ2n) is 5.91. The minimum absolute atomic E-state index is 0.381. The smallest absolute Gasteiger partial charge is 0.342 e. The average Bonchev–Trinajstić information content (AvgIpc) is 2.98. The Morgan fingerprint density at radius 1 is 1.00 bits per heavy atom. The monoisotopic (exact) mass is 322 g/mol. The molecule has 0 atom stereocenters. The molecule has 3 heteroatoms. The molecule has 24 heavy (non-hydrogen) atoms. The zero-order valence-electron chi connectivity index (χ0n) is 14.3. The Kier molecular flexibility index (Phi) is 4.43. The maximum absolute atomic E-state index is 12.5. The Morgan fingerprint density at radius 3 is 2.25 bits per heavy atom. The van der Waals surface area contributed by atoms with E-state index in [1.165, 1.54) is 7.11 Å². The first-order valence-electron chi connectivity index (χ1n) is 8.33. The van der Waals surface area contributed by atoms with Crippen molar-refractivity contribution in [1.82, 2.24) is 0 Å². The number of rotatable bonds is 4. The molecule has 0 aromatic heterocycles. The highest BCUT2D eigenvalue weighted by Crippen LogP contribution is 2.49. The van der Waals surface area contributed by atoms with Gasteiger partial charge in [0.15, 0.2) is 0 Å². The number of ether oxygens (including phenoxy) is 2. The number of carbonyl (C=O) groups excluding carboxylic acids is 1. The molecule has 0 amide bonds. The van der Waals surface area contributed by atoms with Crippen LogP contribution >= 0.6 is 0 Å². The Morgan fingerprint density at radius 2 is 1.62 bits per heavy atom. The molecule has 0 saturated heterocycles. The van der Waals surface area contributed by atoms with E-state index in [9.17, 15) is 4.79 Å². The number of carbonyl (C=O) groups is 1. The van der Waals surface area contributed by atoms with Crippen LogP contribution in [0.4, 0.5) is 0 Å². The van der Waals surface area contributed by atoms with Crippen LogP contribution in [0.25, 0.3) is 11.3 Å². The third-order valence-corrected chi connectivity index (χ3v) is 4.78. The van der Waals surface area contributed by atoms with Gasteiger partial charge in [-0.2, -0.15) is 0 Å². The fraction of sp³-hybridized carbons (Fsp3) is 0.286. The number of hydrogen-bond acceptors (Lipinski definition) is 3. The van der Waals surface area contributed by atoms with Crippen molar-refractivity contribution >= 4 is 17.3 Å². The Bertz CT molecular complexity index is 771. The predicted molar refractivity (Wildman–Crippen MR) is 95.1 cm³/mol. The van der Waals surface area contributed by atoms with Gasteiger partial charge in [0.05, 0.1) is 7.11 Å². The Balaban J connectivity index is 2.29. The lowest BCUT2D eigenvalue weighted by Gasteiger charge is -2.27. The summed E-state index contributed by atoms with van der Waals surface area (Å²) < 4.78 is 11.5. The molecule has 0 unspecified atom stereocenters. The van der Waals surface area contributed by atoms with Crippen LogP contribution in [-0.2, 0) is 19.9 Å². The van der Waals surface area contributed by atoms with E-state index in [4.69, 9.17) is 9.47 Å². The van der Waals surface area contributed by atoms with Crippen molar-refractivity contribution in [2.75, 3.05) is 7.11 Å². The summed E-state index contributed by atoms with van der Waals surface area (Å²) in [7, 11) is 1.40. The van der Waals surface area contributed by atoms with E-state index in [1.807, 2.05) is 48.5 Å². The van der Waals surface area contributed by atoms with Gasteiger partial charge in [-0.3, -0.25) is 0 Å². The first-order chi connectivity index (χ1) is 11.7. The SMILES string of the molecule is CCC1(CC)O/C(=C(/C(=O)OC)c2ccccc2)c2ccccc21. The molecule has 124 valence electrons. The summed E-state index contributed by atoms with van der Waals surface area (Å²) in [5.41, 5.74) is 3.01. The lowest BCUT2D eigenvalue weighted by molar-refractivity contribution is -0.133. The van der Waals surface area contributed by atoms with Gasteiger partial charge in [0.2, 0.25) is 0 Å². The molecule has 0 aliphatic carbocycles. The third-order valence-electron chi connectivity index (χ3n) is 4.78. The maximum atomic E-state index is 12.5. The second kappa shape index (κ2) is 6.52. The molecule has 0 fully saturated rings. The van der Waals surface area contributed by atoms with Crippen LogP contribution in [0.1, 0.15) is 43.4 Å². The van der Waals surface area contributed by atoms with E-state index in [-0.39, 0.29) is 11.6 Å². The number of methoxy groups -OCH3 is 1. The van der Waals surface area contributed by atoms with E-state index >= 15 is 0 Å². The fourth-order valence-corrected chi connectivity index (χ4v) is 3.39. The second-order valence-corrected chi connectivity index (χ2v) is 5.91. The largest absolute Gasteiger partial charge is 0.481 e. The number of fused-ring (bicyclic) bond motifs is 1. The Labute approximate surface area is 142 Å². The first kappa shape index (κ1) is 16.3. The van der Waals surface area contributed by atoms with Crippen LogP contribution in [-0.4, -0.2) is 13.1 Å². The van der Waals surface area contributed by atoms with Crippen molar-refractivity contribution in [3.63, 3.8) is 0 Å². The molecule has 3 nitrogen and oxygen atoms in total. The highest BCUT2D eigenvalue weighted by atomic mass is 16.5. The maximum Gasteiger partial charge on any atom is 0.342 e. The molecular formula is C21H22O3. The molecule has 0 radical (unpaired) electrons. The minimum atomic E-state index is -0.389. The summed E-state index contributed by atoms with van der Waals surface area (Å²) in [6.45, 7) is 4.23. The molecule has 1 aliphatic rings. The minimum Gasteiger partial charge on any atom is -0.481 e. The van der Waals surface area contributed by atoms with Crippen LogP contribution in [0.5, 0.6) is 0 Å². The molecule has 1 aliphatic heterocycles. The van der Waals surface area contributed by atoms with Crippen LogP contribution in [0, 0.1) is 0 Å². The molecule has 2 aromatic rings. The summed E-state index contributed by atoms with van der Waals surface area (Å²) in [5, 5.41) is 0. The fourth-order valence-electron chi connectivity index (χ4n) is 3.39. The van der Waals surface area contributed by atoms with Crippen molar-refractivity contribution < 1.29 is 14.3 Å². The summed E-state index contributed by atoms with van der Waals surface area (Å²) in [6, 6.07) is 17.7. The van der Waals surface area contributed by atoms with Crippen molar-refractivity contribution in [2.45, 2.75) is 32.3 Å². The third kappa shape index (κ3) is 2.50. The molecular weight excluding hydrogens is 300 g/mol. The first-order valence-corrected chi connectivity index (χ1v) is 8.33. The van der Waals surface area contributed by atoms with Gasteiger partial charge in [-0.25, -0.2) is 4.79 Å². The van der Waals surface area contributed by atoms with E-state index in [2.05, 4.69) is 19.9 Å². The van der Waals surface area contributed by atoms with Crippen LogP contribution in [0.2, 0.25) is 0 Å². The lowest BCUT2D eigenvalue weighted by atomic mass is 9.87. The highest BCUT2D eigenvalue weighted by Gasteiger charge is 2.42. The van der Waals surface area contributed by atoms with Gasteiger partial charge in [-0.15, -0.1) is 0 Å². The molecule has 3 rings (SSSR count). The summed E-state index contributed by atoms with van der Waals surface area (Å²) >= 11 is 0. The van der Waals surface area contributed by atoms with E-state index < -0.39 is 0 Å². The van der Waals surface area contributed by atoms with Gasteiger partial charge in [0.25, 0.3) is 0 Å². The molecule has 0 N–H and O–H groups in total. The predicted octanol–water partition coefficient (Wildman–Crippen LogP) is 4.77. The molecule has 0 spiro atoms. The van der Waals surface area contributed by atoms with Gasteiger partial charge in [-0.1, -0.05) is 68.4 Å². The van der Waals surface area contributed by atoms with Gasteiger partial charge in [0.1, 0.15) is 16.9 Å². The van der Waals surface area contributed by atoms with Gasteiger partial charge >= 0.3 is 5.97 Å². The Hall–Kier alpha value is -2.55. The summed E-state index contributed by atoms with van der Waals surface area (Å²) in [6.07, 6.45) is 1.68. The van der Waals surface area contributed by atoms with Crippen molar-refractivity contribution in [2.24, 2.45) is 0 Å². The summed E-state index contributed by atoms with van der Waals surface area (Å²) in [4.78, 5) is 12.5. The summed E-state index contributed by atoms with van der Waals surface area (Å²) in [5.74, 6) is 0.237. The van der Waals surface area contributed by atoms with E-state index in [1.54, 1.807) is 0 Å². The van der Waals surface area contributed by atoms with E-state index in [0.717, 1.165) is 29.5 Å². The van der Waals surface area contributed by atoms with Crippen LogP contribution in [0.3, 0.4) is 0 Å².